The van der Waals surface area contributed by atoms with Gasteiger partial charge >= 0.3 is 0 Å². The third-order valence-electron chi connectivity index (χ3n) is 6.14. The minimum atomic E-state index is -0.138. The molecule has 5 rings (SSSR count). The second-order valence-corrected chi connectivity index (χ2v) is 8.48. The zero-order chi connectivity index (χ0) is 22.2. The minimum absolute atomic E-state index is 0.138. The van der Waals surface area contributed by atoms with Gasteiger partial charge in [-0.05, 0) is 57.4 Å². The lowest BCUT2D eigenvalue weighted by Gasteiger charge is -2.18. The van der Waals surface area contributed by atoms with Crippen LogP contribution in [0.4, 0.5) is 5.69 Å². The van der Waals surface area contributed by atoms with Crippen molar-refractivity contribution in [1.29, 1.82) is 0 Å². The molecule has 164 valence electrons. The number of hydrogen-bond donors (Lipinski definition) is 1. The van der Waals surface area contributed by atoms with Crippen LogP contribution in [0, 0.1) is 26.7 Å². The number of pyridine rings is 1. The number of furan rings is 1. The van der Waals surface area contributed by atoms with Gasteiger partial charge in [-0.1, -0.05) is 23.4 Å². The topological polar surface area (TPSA) is 84.4 Å². The molecule has 4 aromatic rings. The van der Waals surface area contributed by atoms with E-state index in [-0.39, 0.29) is 5.91 Å². The Labute approximate surface area is 186 Å². The molecule has 7 nitrogen and oxygen atoms in total. The highest BCUT2D eigenvalue weighted by Crippen LogP contribution is 2.30. The van der Waals surface area contributed by atoms with Gasteiger partial charge in [-0.3, -0.25) is 4.79 Å². The number of rotatable bonds is 5. The van der Waals surface area contributed by atoms with Crippen molar-refractivity contribution in [3.8, 4) is 11.3 Å². The smallest absolute Gasteiger partial charge is 0.259 e. The Hall–Kier alpha value is -3.61. The summed E-state index contributed by atoms with van der Waals surface area (Å²) in [5, 5.41) is 7.82. The Balaban J connectivity index is 1.36. The molecule has 1 saturated heterocycles. The number of amides is 1. The molecule has 3 aromatic heterocycles. The molecule has 0 radical (unpaired) electrons. The Morgan fingerprint density at radius 1 is 1.19 bits per heavy atom. The number of aromatic nitrogens is 2. The second kappa shape index (κ2) is 8.15. The van der Waals surface area contributed by atoms with Crippen molar-refractivity contribution in [2.45, 2.75) is 27.2 Å². The summed E-state index contributed by atoms with van der Waals surface area (Å²) in [5.74, 6) is 1.81. The molecular formula is C25H26N4O3. The van der Waals surface area contributed by atoms with Crippen LogP contribution in [0.2, 0.25) is 0 Å². The van der Waals surface area contributed by atoms with Gasteiger partial charge in [0.05, 0.1) is 22.3 Å². The number of fused-ring (bicyclic) bond motifs is 1. The van der Waals surface area contributed by atoms with E-state index >= 15 is 0 Å². The highest BCUT2D eigenvalue weighted by molar-refractivity contribution is 6.07. The molecule has 0 aliphatic carbocycles. The Kier molecular flexibility index (Phi) is 5.17. The van der Waals surface area contributed by atoms with Crippen molar-refractivity contribution in [2.24, 2.45) is 5.92 Å². The molecule has 1 aliphatic heterocycles. The van der Waals surface area contributed by atoms with Crippen molar-refractivity contribution in [3.63, 3.8) is 0 Å². The Morgan fingerprint density at radius 2 is 2.00 bits per heavy atom. The van der Waals surface area contributed by atoms with Crippen LogP contribution in [0.1, 0.15) is 34.0 Å². The lowest BCUT2D eigenvalue weighted by molar-refractivity contribution is 0.0950. The summed E-state index contributed by atoms with van der Waals surface area (Å²) in [5.41, 5.74) is 4.26. The van der Waals surface area contributed by atoms with Gasteiger partial charge in [0.2, 0.25) is 0 Å². The predicted molar refractivity (Wildman–Crippen MR) is 123 cm³/mol. The molecule has 1 N–H and O–H groups in total. The summed E-state index contributed by atoms with van der Waals surface area (Å²) in [6.45, 7) is 8.15. The van der Waals surface area contributed by atoms with E-state index in [1.54, 1.807) is 0 Å². The predicted octanol–water partition coefficient (Wildman–Crippen LogP) is 4.66. The van der Waals surface area contributed by atoms with E-state index in [1.165, 1.54) is 5.69 Å². The highest BCUT2D eigenvalue weighted by Gasteiger charge is 2.25. The molecule has 1 amide bonds. The zero-order valence-corrected chi connectivity index (χ0v) is 18.5. The first kappa shape index (κ1) is 20.3. The number of nitrogens with one attached hydrogen (secondary N) is 1. The van der Waals surface area contributed by atoms with Crippen LogP contribution in [0.25, 0.3) is 22.4 Å². The second-order valence-electron chi connectivity index (χ2n) is 8.48. The number of nitrogens with zero attached hydrogens (tertiary/aromatic N) is 3. The number of benzene rings is 1. The standard InChI is InChI=1S/C25H26N4O3/c1-15-11-20(17(3)31-15)22-12-21(23-16(2)28-32-25(23)27-22)24(30)26-13-18-9-10-29(14-18)19-7-5-4-6-8-19/h4-8,11-12,18H,9-10,13-14H2,1-3H3,(H,26,30). The van der Waals surface area contributed by atoms with Gasteiger partial charge in [0.15, 0.2) is 0 Å². The van der Waals surface area contributed by atoms with Crippen LogP contribution >= 0.6 is 0 Å². The van der Waals surface area contributed by atoms with Gasteiger partial charge < -0.3 is 19.2 Å². The van der Waals surface area contributed by atoms with E-state index in [0.29, 0.717) is 40.5 Å². The molecule has 4 heterocycles. The summed E-state index contributed by atoms with van der Waals surface area (Å²) < 4.78 is 11.1. The first-order valence-corrected chi connectivity index (χ1v) is 10.9. The van der Waals surface area contributed by atoms with Gasteiger partial charge in [0.25, 0.3) is 11.6 Å². The van der Waals surface area contributed by atoms with Gasteiger partial charge in [0, 0.05) is 30.9 Å². The lowest BCUT2D eigenvalue weighted by Crippen LogP contribution is -2.31. The molecule has 0 saturated carbocycles. The molecule has 7 heteroatoms. The normalized spacial score (nSPS) is 16.1. The third-order valence-corrected chi connectivity index (χ3v) is 6.14. The number of carbonyl (C=O) groups is 1. The summed E-state index contributed by atoms with van der Waals surface area (Å²) in [4.78, 5) is 20.2. The molecular weight excluding hydrogens is 404 g/mol. The molecule has 1 aliphatic rings. The fourth-order valence-corrected chi connectivity index (χ4v) is 4.50. The number of carbonyl (C=O) groups excluding carboxylic acids is 1. The molecule has 1 unspecified atom stereocenters. The number of para-hydroxylation sites is 1. The van der Waals surface area contributed by atoms with E-state index in [2.05, 4.69) is 44.6 Å². The Bertz CT molecular complexity index is 1280. The monoisotopic (exact) mass is 430 g/mol. The van der Waals surface area contributed by atoms with E-state index in [9.17, 15) is 4.79 Å². The van der Waals surface area contributed by atoms with Gasteiger partial charge in [0.1, 0.15) is 11.5 Å². The molecule has 0 bridgehead atoms. The first-order chi connectivity index (χ1) is 15.5. The average molecular weight is 431 g/mol. The molecule has 1 aromatic carbocycles. The van der Waals surface area contributed by atoms with Crippen LogP contribution in [-0.4, -0.2) is 35.7 Å². The quantitative estimate of drug-likeness (QED) is 0.496. The van der Waals surface area contributed by atoms with Gasteiger partial charge in [-0.25, -0.2) is 4.98 Å². The zero-order valence-electron chi connectivity index (χ0n) is 18.5. The van der Waals surface area contributed by atoms with Crippen molar-refractivity contribution in [3.05, 3.63) is 65.2 Å². The number of anilines is 1. The van der Waals surface area contributed by atoms with Crippen LogP contribution < -0.4 is 10.2 Å². The molecule has 32 heavy (non-hydrogen) atoms. The maximum Gasteiger partial charge on any atom is 0.259 e. The lowest BCUT2D eigenvalue weighted by atomic mass is 10.0. The maximum atomic E-state index is 13.2. The molecule has 0 spiro atoms. The largest absolute Gasteiger partial charge is 0.466 e. The average Bonchev–Trinajstić information content (AvgIpc) is 3.51. The van der Waals surface area contributed by atoms with E-state index < -0.39 is 0 Å². The fraction of sp³-hybridized carbons (Fsp3) is 0.320. The summed E-state index contributed by atoms with van der Waals surface area (Å²) in [6, 6.07) is 14.1. The van der Waals surface area contributed by atoms with Crippen molar-refractivity contribution < 1.29 is 13.7 Å². The first-order valence-electron chi connectivity index (χ1n) is 10.9. The Morgan fingerprint density at radius 3 is 2.75 bits per heavy atom. The van der Waals surface area contributed by atoms with E-state index in [1.807, 2.05) is 39.0 Å². The van der Waals surface area contributed by atoms with Crippen LogP contribution in [-0.2, 0) is 0 Å². The SMILES string of the molecule is Cc1cc(-c2cc(C(=O)NCC3CCN(c4ccccc4)C3)c3c(C)noc3n2)c(C)o1. The number of aryl methyl sites for hydroxylation is 3. The number of hydrogen-bond acceptors (Lipinski definition) is 6. The summed E-state index contributed by atoms with van der Waals surface area (Å²) >= 11 is 0. The van der Waals surface area contributed by atoms with Crippen LogP contribution in [0.3, 0.4) is 0 Å². The van der Waals surface area contributed by atoms with Gasteiger partial charge in [-0.15, -0.1) is 0 Å². The fourth-order valence-electron chi connectivity index (χ4n) is 4.50. The van der Waals surface area contributed by atoms with Crippen LogP contribution in [0.15, 0.2) is 51.4 Å². The molecule has 1 fully saturated rings. The van der Waals surface area contributed by atoms with Crippen LogP contribution in [0.5, 0.6) is 0 Å². The third kappa shape index (κ3) is 3.75. The molecule has 1 atom stereocenters. The van der Waals surface area contributed by atoms with E-state index in [0.717, 1.165) is 36.6 Å². The van der Waals surface area contributed by atoms with Crippen molar-refractivity contribution in [2.75, 3.05) is 24.5 Å². The summed E-state index contributed by atoms with van der Waals surface area (Å²) in [7, 11) is 0. The van der Waals surface area contributed by atoms with E-state index in [4.69, 9.17) is 8.94 Å². The minimum Gasteiger partial charge on any atom is -0.466 e. The maximum absolute atomic E-state index is 13.2. The van der Waals surface area contributed by atoms with Gasteiger partial charge in [-0.2, -0.15) is 0 Å². The van der Waals surface area contributed by atoms with Crippen molar-refractivity contribution >= 4 is 22.7 Å². The van der Waals surface area contributed by atoms with Crippen molar-refractivity contribution in [1.82, 2.24) is 15.5 Å². The summed E-state index contributed by atoms with van der Waals surface area (Å²) in [6.07, 6.45) is 1.05. The highest BCUT2D eigenvalue weighted by atomic mass is 16.5.